The summed E-state index contributed by atoms with van der Waals surface area (Å²) in [5.74, 6) is 0.860. The number of hydrogen-bond acceptors (Lipinski definition) is 4. The maximum Gasteiger partial charge on any atom is 0.289 e. The summed E-state index contributed by atoms with van der Waals surface area (Å²) in [5.41, 5.74) is -1.62. The van der Waals surface area contributed by atoms with Crippen LogP contribution in [0.4, 0.5) is 4.39 Å². The van der Waals surface area contributed by atoms with Crippen molar-refractivity contribution in [2.45, 2.75) is 25.0 Å². The molecule has 1 aliphatic heterocycles. The zero-order valence-corrected chi connectivity index (χ0v) is 9.54. The van der Waals surface area contributed by atoms with Crippen LogP contribution in [0.2, 0.25) is 0 Å². The fourth-order valence-corrected chi connectivity index (χ4v) is 3.02. The molecule has 1 aromatic heterocycles. The summed E-state index contributed by atoms with van der Waals surface area (Å²) >= 11 is 1.78. The molecule has 6 heteroatoms. The molecule has 0 saturated carbocycles. The van der Waals surface area contributed by atoms with Gasteiger partial charge in [0, 0.05) is 0 Å². The van der Waals surface area contributed by atoms with E-state index in [1.54, 1.807) is 11.8 Å². The molecule has 0 spiro atoms. The van der Waals surface area contributed by atoms with Crippen molar-refractivity contribution in [3.8, 4) is 0 Å². The van der Waals surface area contributed by atoms with E-state index < -0.39 is 17.0 Å². The largest absolute Gasteiger partial charge is 0.388 e. The molecular weight excluding hydrogens is 231 g/mol. The van der Waals surface area contributed by atoms with Crippen LogP contribution in [-0.4, -0.2) is 31.8 Å². The molecule has 1 aromatic rings. The topological polar surface area (TPSA) is 55.1 Å². The molecule has 2 rings (SSSR count). The smallest absolute Gasteiger partial charge is 0.289 e. The van der Waals surface area contributed by atoms with E-state index in [4.69, 9.17) is 0 Å². The van der Waals surface area contributed by atoms with Crippen LogP contribution < -0.4 is 5.56 Å². The van der Waals surface area contributed by atoms with Crippen LogP contribution in [-0.2, 0) is 6.54 Å². The van der Waals surface area contributed by atoms with Gasteiger partial charge in [0.15, 0.2) is 0 Å². The van der Waals surface area contributed by atoms with Crippen LogP contribution >= 0.6 is 11.8 Å². The van der Waals surface area contributed by atoms with Crippen molar-refractivity contribution in [1.82, 2.24) is 9.55 Å². The van der Waals surface area contributed by atoms with E-state index in [0.29, 0.717) is 12.8 Å². The Labute approximate surface area is 96.5 Å². The zero-order valence-electron chi connectivity index (χ0n) is 8.73. The highest BCUT2D eigenvalue weighted by Gasteiger charge is 2.30. The summed E-state index contributed by atoms with van der Waals surface area (Å²) in [6.07, 6.45) is 3.41. The normalized spacial score (nSPS) is 19.6. The molecule has 0 bridgehead atoms. The summed E-state index contributed by atoms with van der Waals surface area (Å²) in [6, 6.07) is 0. The SMILES string of the molecule is O=c1c(F)cncn1CC1(O)CCSCC1. The van der Waals surface area contributed by atoms with Gasteiger partial charge in [-0.15, -0.1) is 0 Å². The average molecular weight is 244 g/mol. The molecule has 1 fully saturated rings. The maximum atomic E-state index is 13.0. The standard InChI is InChI=1S/C10H13FN2O2S/c11-8-5-12-7-13(9(8)14)6-10(15)1-3-16-4-2-10/h5,7,15H,1-4,6H2. The second kappa shape index (κ2) is 4.55. The van der Waals surface area contributed by atoms with E-state index in [1.807, 2.05) is 0 Å². The van der Waals surface area contributed by atoms with Crippen LogP contribution in [0.25, 0.3) is 0 Å². The van der Waals surface area contributed by atoms with Gasteiger partial charge in [-0.1, -0.05) is 0 Å². The lowest BCUT2D eigenvalue weighted by atomic mass is 9.97. The highest BCUT2D eigenvalue weighted by molar-refractivity contribution is 7.99. The summed E-state index contributed by atoms with van der Waals surface area (Å²) in [4.78, 5) is 15.0. The first-order valence-electron chi connectivity index (χ1n) is 5.11. The molecule has 1 aliphatic rings. The predicted octanol–water partition coefficient (Wildman–Crippen LogP) is 0.641. The lowest BCUT2D eigenvalue weighted by Gasteiger charge is -2.31. The van der Waals surface area contributed by atoms with Gasteiger partial charge >= 0.3 is 0 Å². The van der Waals surface area contributed by atoms with Crippen molar-refractivity contribution in [3.05, 3.63) is 28.7 Å². The highest BCUT2D eigenvalue weighted by Crippen LogP contribution is 2.27. The molecule has 88 valence electrons. The van der Waals surface area contributed by atoms with Gasteiger partial charge in [-0.05, 0) is 24.3 Å². The molecule has 0 aliphatic carbocycles. The van der Waals surface area contributed by atoms with Gasteiger partial charge in [0.05, 0.1) is 24.7 Å². The van der Waals surface area contributed by atoms with Gasteiger partial charge in [0.2, 0.25) is 5.82 Å². The first-order chi connectivity index (χ1) is 7.61. The van der Waals surface area contributed by atoms with Gasteiger partial charge in [-0.25, -0.2) is 4.98 Å². The molecule has 0 radical (unpaired) electrons. The first kappa shape index (κ1) is 11.6. The third-order valence-corrected chi connectivity index (χ3v) is 3.73. The Balaban J connectivity index is 2.20. The number of aromatic nitrogens is 2. The van der Waals surface area contributed by atoms with E-state index in [0.717, 1.165) is 22.3 Å². The van der Waals surface area contributed by atoms with E-state index in [-0.39, 0.29) is 6.54 Å². The highest BCUT2D eigenvalue weighted by atomic mass is 32.2. The Morgan fingerprint density at radius 3 is 2.94 bits per heavy atom. The summed E-state index contributed by atoms with van der Waals surface area (Å²) < 4.78 is 14.1. The number of halogens is 1. The summed E-state index contributed by atoms with van der Waals surface area (Å²) in [7, 11) is 0. The number of rotatable bonds is 2. The van der Waals surface area contributed by atoms with Crippen molar-refractivity contribution in [2.75, 3.05) is 11.5 Å². The van der Waals surface area contributed by atoms with Crippen molar-refractivity contribution in [1.29, 1.82) is 0 Å². The fraction of sp³-hybridized carbons (Fsp3) is 0.600. The van der Waals surface area contributed by atoms with E-state index >= 15 is 0 Å². The van der Waals surface area contributed by atoms with E-state index in [9.17, 15) is 14.3 Å². The van der Waals surface area contributed by atoms with Crippen molar-refractivity contribution < 1.29 is 9.50 Å². The third-order valence-electron chi connectivity index (χ3n) is 2.75. The third kappa shape index (κ3) is 2.44. The molecule has 16 heavy (non-hydrogen) atoms. The monoisotopic (exact) mass is 244 g/mol. The zero-order chi connectivity index (χ0) is 11.6. The van der Waals surface area contributed by atoms with Crippen LogP contribution in [0.15, 0.2) is 17.3 Å². The van der Waals surface area contributed by atoms with Crippen LogP contribution in [0.1, 0.15) is 12.8 Å². The Kier molecular flexibility index (Phi) is 3.30. The second-order valence-corrected chi connectivity index (χ2v) is 5.24. The number of hydrogen-bond donors (Lipinski definition) is 1. The Hall–Kier alpha value is -0.880. The number of aliphatic hydroxyl groups is 1. The molecule has 4 nitrogen and oxygen atoms in total. The molecule has 0 unspecified atom stereocenters. The minimum absolute atomic E-state index is 0.122. The van der Waals surface area contributed by atoms with E-state index in [1.165, 1.54) is 6.33 Å². The Morgan fingerprint density at radius 1 is 1.56 bits per heavy atom. The molecule has 1 N–H and O–H groups in total. The van der Waals surface area contributed by atoms with Gasteiger partial charge in [0.25, 0.3) is 5.56 Å². The minimum atomic E-state index is -0.898. The Bertz CT molecular complexity index is 429. The Morgan fingerprint density at radius 2 is 2.25 bits per heavy atom. The molecule has 1 saturated heterocycles. The lowest BCUT2D eigenvalue weighted by Crippen LogP contribution is -2.41. The van der Waals surface area contributed by atoms with Crippen LogP contribution in [0.5, 0.6) is 0 Å². The average Bonchev–Trinajstić information content (AvgIpc) is 2.26. The number of nitrogens with zero attached hydrogens (tertiary/aromatic N) is 2. The van der Waals surface area contributed by atoms with Gasteiger partial charge < -0.3 is 5.11 Å². The van der Waals surface area contributed by atoms with Crippen LogP contribution in [0, 0.1) is 5.82 Å². The maximum absolute atomic E-state index is 13.0. The second-order valence-electron chi connectivity index (χ2n) is 4.01. The van der Waals surface area contributed by atoms with Gasteiger partial charge in [-0.3, -0.25) is 9.36 Å². The quantitative estimate of drug-likeness (QED) is 0.829. The van der Waals surface area contributed by atoms with Crippen molar-refractivity contribution in [2.24, 2.45) is 0 Å². The molecule has 0 atom stereocenters. The summed E-state index contributed by atoms with van der Waals surface area (Å²) in [5, 5.41) is 10.2. The first-order valence-corrected chi connectivity index (χ1v) is 6.26. The summed E-state index contributed by atoms with van der Waals surface area (Å²) in [6.45, 7) is 0.122. The number of thioether (sulfide) groups is 1. The molecule has 0 amide bonds. The van der Waals surface area contributed by atoms with Crippen molar-refractivity contribution in [3.63, 3.8) is 0 Å². The molecule has 2 heterocycles. The lowest BCUT2D eigenvalue weighted by molar-refractivity contribution is 0.0133. The van der Waals surface area contributed by atoms with Gasteiger partial charge in [-0.2, -0.15) is 16.2 Å². The van der Waals surface area contributed by atoms with Gasteiger partial charge in [0.1, 0.15) is 0 Å². The predicted molar refractivity (Wildman–Crippen MR) is 60.0 cm³/mol. The van der Waals surface area contributed by atoms with Crippen LogP contribution in [0.3, 0.4) is 0 Å². The fourth-order valence-electron chi connectivity index (χ4n) is 1.76. The van der Waals surface area contributed by atoms with E-state index in [2.05, 4.69) is 4.98 Å². The molecular formula is C10H13FN2O2S. The van der Waals surface area contributed by atoms with Crippen molar-refractivity contribution >= 4 is 11.8 Å². The minimum Gasteiger partial charge on any atom is -0.388 e. The molecule has 0 aromatic carbocycles.